The van der Waals surface area contributed by atoms with E-state index >= 15 is 0 Å². The molecule has 1 fully saturated rings. The first-order valence-corrected chi connectivity index (χ1v) is 6.28. The van der Waals surface area contributed by atoms with Gasteiger partial charge in [-0.3, -0.25) is 4.52 Å². The van der Waals surface area contributed by atoms with Crippen LogP contribution in [0, 0.1) is 12.3 Å². The predicted molar refractivity (Wildman–Crippen MR) is 45.4 cm³/mol. The van der Waals surface area contributed by atoms with Gasteiger partial charge in [0.25, 0.3) is 0 Å². The van der Waals surface area contributed by atoms with Crippen LogP contribution in [-0.2, 0) is 13.6 Å². The predicted octanol–water partition coefficient (Wildman–Crippen LogP) is 1.90. The Hall–Kier alpha value is 0.0600. The molecule has 1 heterocycles. The summed E-state index contributed by atoms with van der Waals surface area (Å²) in [5, 5.41) is 0. The molecule has 0 saturated carbocycles. The van der Waals surface area contributed by atoms with Crippen LogP contribution in [0.5, 0.6) is 0 Å². The van der Waals surface area contributed by atoms with Gasteiger partial charge in [-0.1, -0.05) is 5.92 Å². The molecule has 0 N–H and O–H groups in total. The van der Waals surface area contributed by atoms with E-state index in [0.717, 1.165) is 12.2 Å². The Kier molecular flexibility index (Phi) is 3.03. The number of terminal acetylenes is 1. The van der Waals surface area contributed by atoms with E-state index in [2.05, 4.69) is 5.92 Å². The molecule has 3 nitrogen and oxygen atoms in total. The van der Waals surface area contributed by atoms with Crippen LogP contribution in [0.3, 0.4) is 0 Å². The number of rotatable bonds is 1. The maximum absolute atomic E-state index is 11.4. The van der Waals surface area contributed by atoms with Crippen molar-refractivity contribution in [2.45, 2.75) is 12.5 Å². The normalized spacial score (nSPS) is 38.0. The molecule has 0 bridgehead atoms. The van der Waals surface area contributed by atoms with Crippen LogP contribution in [0.15, 0.2) is 0 Å². The smallest absolute Gasteiger partial charge is 0.304 e. The van der Waals surface area contributed by atoms with E-state index in [0.29, 0.717) is 0 Å². The maximum atomic E-state index is 11.4. The SMILES string of the molecule is C#CC1CCSP(=O)(OC)O1. The molecular weight excluding hydrogens is 183 g/mol. The summed E-state index contributed by atoms with van der Waals surface area (Å²) in [5.41, 5.74) is 0. The molecule has 0 spiro atoms. The molecule has 0 aliphatic carbocycles. The van der Waals surface area contributed by atoms with Crippen molar-refractivity contribution in [2.24, 2.45) is 0 Å². The van der Waals surface area contributed by atoms with Gasteiger partial charge in [-0.2, -0.15) is 0 Å². The summed E-state index contributed by atoms with van der Waals surface area (Å²) in [6.07, 6.45) is 5.52. The van der Waals surface area contributed by atoms with Gasteiger partial charge in [-0.05, 0) is 17.8 Å². The topological polar surface area (TPSA) is 35.5 Å². The van der Waals surface area contributed by atoms with Crippen molar-refractivity contribution in [1.29, 1.82) is 0 Å². The summed E-state index contributed by atoms with van der Waals surface area (Å²) < 4.78 is 21.1. The van der Waals surface area contributed by atoms with E-state index in [1.165, 1.54) is 18.5 Å². The molecule has 2 unspecified atom stereocenters. The molecule has 2 atom stereocenters. The van der Waals surface area contributed by atoms with Crippen molar-refractivity contribution in [3.8, 4) is 12.3 Å². The first-order valence-electron chi connectivity index (χ1n) is 3.15. The third kappa shape index (κ3) is 2.25. The fourth-order valence-electron chi connectivity index (χ4n) is 0.720. The fourth-order valence-corrected chi connectivity index (χ4v) is 3.79. The van der Waals surface area contributed by atoms with Crippen LogP contribution in [-0.4, -0.2) is 19.0 Å². The van der Waals surface area contributed by atoms with E-state index < -0.39 is 6.80 Å². The highest BCUT2D eigenvalue weighted by molar-refractivity contribution is 8.55. The monoisotopic (exact) mass is 192 g/mol. The molecule has 1 aliphatic rings. The molecular formula is C6H9O3PS. The van der Waals surface area contributed by atoms with E-state index in [1.807, 2.05) is 0 Å². The van der Waals surface area contributed by atoms with E-state index in [-0.39, 0.29) is 6.10 Å². The quantitative estimate of drug-likeness (QED) is 0.469. The summed E-state index contributed by atoms with van der Waals surface area (Å²) >= 11 is 1.20. The molecule has 0 aromatic carbocycles. The Balaban J connectivity index is 2.61. The zero-order chi connectivity index (χ0) is 8.32. The van der Waals surface area contributed by atoms with Gasteiger partial charge in [0.05, 0.1) is 0 Å². The molecule has 1 saturated heterocycles. The lowest BCUT2D eigenvalue weighted by Gasteiger charge is -2.24. The third-order valence-electron chi connectivity index (χ3n) is 1.30. The molecule has 1 rings (SSSR count). The summed E-state index contributed by atoms with van der Waals surface area (Å²) in [6.45, 7) is -2.89. The highest BCUT2D eigenvalue weighted by atomic mass is 32.7. The third-order valence-corrected chi connectivity index (χ3v) is 5.19. The Bertz CT molecular complexity index is 222. The van der Waals surface area contributed by atoms with Crippen LogP contribution in [0.2, 0.25) is 0 Å². The van der Waals surface area contributed by atoms with Crippen LogP contribution in [0.1, 0.15) is 6.42 Å². The average Bonchev–Trinajstić information content (AvgIpc) is 2.05. The average molecular weight is 192 g/mol. The van der Waals surface area contributed by atoms with Gasteiger partial charge < -0.3 is 4.52 Å². The first kappa shape index (κ1) is 9.15. The fraction of sp³-hybridized carbons (Fsp3) is 0.667. The summed E-state index contributed by atoms with van der Waals surface area (Å²) in [7, 11) is 1.37. The van der Waals surface area contributed by atoms with Gasteiger partial charge in [0.1, 0.15) is 6.10 Å². The Morgan fingerprint density at radius 2 is 2.64 bits per heavy atom. The lowest BCUT2D eigenvalue weighted by Crippen LogP contribution is -2.14. The van der Waals surface area contributed by atoms with Crippen molar-refractivity contribution < 1.29 is 13.6 Å². The maximum Gasteiger partial charge on any atom is 0.390 e. The highest BCUT2D eigenvalue weighted by Crippen LogP contribution is 2.63. The van der Waals surface area contributed by atoms with Gasteiger partial charge >= 0.3 is 6.80 Å². The molecule has 0 amide bonds. The molecule has 11 heavy (non-hydrogen) atoms. The minimum absolute atomic E-state index is 0.345. The van der Waals surface area contributed by atoms with Crippen LogP contribution < -0.4 is 0 Å². The molecule has 0 radical (unpaired) electrons. The van der Waals surface area contributed by atoms with Crippen LogP contribution >= 0.6 is 18.2 Å². The lowest BCUT2D eigenvalue weighted by molar-refractivity contribution is 0.206. The number of hydrogen-bond acceptors (Lipinski definition) is 4. The highest BCUT2D eigenvalue weighted by Gasteiger charge is 2.32. The zero-order valence-corrected chi connectivity index (χ0v) is 7.86. The largest absolute Gasteiger partial charge is 0.390 e. The standard InChI is InChI=1S/C6H9O3PS/c1-3-6-4-5-11-10(7,8-2)9-6/h1,6H,4-5H2,2H3. The van der Waals surface area contributed by atoms with E-state index in [4.69, 9.17) is 15.5 Å². The van der Waals surface area contributed by atoms with Crippen molar-refractivity contribution in [3.63, 3.8) is 0 Å². The van der Waals surface area contributed by atoms with Gasteiger partial charge in [0.15, 0.2) is 0 Å². The Morgan fingerprint density at radius 3 is 3.18 bits per heavy atom. The molecule has 1 aliphatic heterocycles. The molecule has 0 aromatic heterocycles. The minimum Gasteiger partial charge on any atom is -0.304 e. The van der Waals surface area contributed by atoms with E-state index in [9.17, 15) is 4.57 Å². The second-order valence-electron chi connectivity index (χ2n) is 2.01. The lowest BCUT2D eigenvalue weighted by atomic mass is 10.3. The molecule has 0 aromatic rings. The van der Waals surface area contributed by atoms with Gasteiger partial charge in [0, 0.05) is 12.9 Å². The second-order valence-corrected chi connectivity index (χ2v) is 6.27. The van der Waals surface area contributed by atoms with Crippen LogP contribution in [0.4, 0.5) is 0 Å². The van der Waals surface area contributed by atoms with Gasteiger partial charge in [-0.15, -0.1) is 6.42 Å². The Morgan fingerprint density at radius 1 is 1.91 bits per heavy atom. The molecule has 5 heteroatoms. The van der Waals surface area contributed by atoms with E-state index in [1.54, 1.807) is 0 Å². The van der Waals surface area contributed by atoms with Crippen LogP contribution in [0.25, 0.3) is 0 Å². The van der Waals surface area contributed by atoms with Crippen molar-refractivity contribution in [1.82, 2.24) is 0 Å². The summed E-state index contributed by atoms with van der Waals surface area (Å²) in [6, 6.07) is 0. The van der Waals surface area contributed by atoms with Crippen molar-refractivity contribution in [2.75, 3.05) is 12.9 Å². The zero-order valence-electron chi connectivity index (χ0n) is 6.15. The summed E-state index contributed by atoms with van der Waals surface area (Å²) in [5.74, 6) is 3.14. The first-order chi connectivity index (χ1) is 5.20. The van der Waals surface area contributed by atoms with Crippen molar-refractivity contribution >= 4 is 18.2 Å². The minimum atomic E-state index is -2.89. The number of hydrogen-bond donors (Lipinski definition) is 0. The van der Waals surface area contributed by atoms with Gasteiger partial charge in [0.2, 0.25) is 0 Å². The second kappa shape index (κ2) is 3.64. The van der Waals surface area contributed by atoms with Crippen molar-refractivity contribution in [3.05, 3.63) is 0 Å². The summed E-state index contributed by atoms with van der Waals surface area (Å²) in [4.78, 5) is 0. The van der Waals surface area contributed by atoms with Gasteiger partial charge in [-0.25, -0.2) is 4.57 Å². The molecule has 62 valence electrons. The Labute approximate surface area is 70.1 Å².